The van der Waals surface area contributed by atoms with Crippen molar-refractivity contribution in [3.8, 4) is 0 Å². The Morgan fingerprint density at radius 1 is 1.48 bits per heavy atom. The number of ether oxygens (including phenoxy) is 1. The number of hydrogen-bond acceptors (Lipinski definition) is 7. The maximum atomic E-state index is 11.5. The third kappa shape index (κ3) is 5.14. The van der Waals surface area contributed by atoms with E-state index < -0.39 is 0 Å². The number of carbonyl (C=O) groups excluding carboxylic acids is 1. The Balaban J connectivity index is 1.81. The smallest absolute Gasteiger partial charge is 0.228 e. The minimum atomic E-state index is -0.0944. The first-order chi connectivity index (χ1) is 10.2. The monoisotopic (exact) mass is 327 g/mol. The number of carbonyl (C=O) groups is 1. The SMILES string of the molecule is CCc1cnc(CSc2cnc(NC(=O)CCOC)s2)o1. The van der Waals surface area contributed by atoms with Crippen LogP contribution in [-0.4, -0.2) is 29.6 Å². The van der Waals surface area contributed by atoms with Crippen molar-refractivity contribution in [1.82, 2.24) is 9.97 Å². The van der Waals surface area contributed by atoms with Crippen molar-refractivity contribution in [3.05, 3.63) is 24.0 Å². The summed E-state index contributed by atoms with van der Waals surface area (Å²) in [6, 6.07) is 0. The van der Waals surface area contributed by atoms with Crippen molar-refractivity contribution < 1.29 is 13.9 Å². The van der Waals surface area contributed by atoms with Crippen LogP contribution < -0.4 is 5.32 Å². The Labute approximate surface area is 131 Å². The summed E-state index contributed by atoms with van der Waals surface area (Å²) >= 11 is 3.02. The molecule has 0 unspecified atom stereocenters. The molecule has 0 aromatic carbocycles. The van der Waals surface area contributed by atoms with Gasteiger partial charge in [-0.3, -0.25) is 4.79 Å². The van der Waals surface area contributed by atoms with Crippen LogP contribution in [0.2, 0.25) is 0 Å². The molecule has 1 amide bonds. The fraction of sp³-hybridized carbons (Fsp3) is 0.462. The van der Waals surface area contributed by atoms with Gasteiger partial charge in [0.25, 0.3) is 0 Å². The molecular formula is C13H17N3O3S2. The second-order valence-electron chi connectivity index (χ2n) is 4.14. The predicted octanol–water partition coefficient (Wildman–Crippen LogP) is 2.96. The average Bonchev–Trinajstić information content (AvgIpc) is 3.11. The van der Waals surface area contributed by atoms with Crippen LogP contribution in [0.5, 0.6) is 0 Å². The van der Waals surface area contributed by atoms with Gasteiger partial charge in [0.2, 0.25) is 11.8 Å². The molecule has 0 spiro atoms. The highest BCUT2D eigenvalue weighted by atomic mass is 32.2. The van der Waals surface area contributed by atoms with Gasteiger partial charge in [-0.25, -0.2) is 9.97 Å². The van der Waals surface area contributed by atoms with Gasteiger partial charge in [0.1, 0.15) is 5.76 Å². The van der Waals surface area contributed by atoms with E-state index in [0.29, 0.717) is 29.8 Å². The molecule has 2 heterocycles. The van der Waals surface area contributed by atoms with Crippen LogP contribution in [0.15, 0.2) is 21.0 Å². The lowest BCUT2D eigenvalue weighted by atomic mass is 10.4. The summed E-state index contributed by atoms with van der Waals surface area (Å²) in [6.45, 7) is 2.43. The van der Waals surface area contributed by atoms with Gasteiger partial charge in [0, 0.05) is 13.5 Å². The van der Waals surface area contributed by atoms with E-state index in [4.69, 9.17) is 9.15 Å². The quantitative estimate of drug-likeness (QED) is 0.751. The standard InChI is InChI=1S/C13H17N3O3S2/c1-3-9-6-14-11(19-9)8-20-12-7-15-13(21-12)16-10(17)4-5-18-2/h6-7H,3-5,8H2,1-2H3,(H,15,16,17). The number of thioether (sulfide) groups is 1. The lowest BCUT2D eigenvalue weighted by Gasteiger charge is -1.99. The Bertz CT molecular complexity index is 583. The average molecular weight is 327 g/mol. The van der Waals surface area contributed by atoms with Gasteiger partial charge in [-0.15, -0.1) is 11.8 Å². The highest BCUT2D eigenvalue weighted by Crippen LogP contribution is 2.30. The number of thiazole rings is 1. The molecule has 21 heavy (non-hydrogen) atoms. The van der Waals surface area contributed by atoms with E-state index in [1.807, 2.05) is 6.92 Å². The van der Waals surface area contributed by atoms with Gasteiger partial charge in [-0.05, 0) is 0 Å². The Morgan fingerprint density at radius 3 is 3.05 bits per heavy atom. The first-order valence-electron chi connectivity index (χ1n) is 6.52. The third-order valence-corrected chi connectivity index (χ3v) is 4.64. The lowest BCUT2D eigenvalue weighted by molar-refractivity contribution is -0.117. The van der Waals surface area contributed by atoms with Gasteiger partial charge in [0.05, 0.1) is 35.4 Å². The summed E-state index contributed by atoms with van der Waals surface area (Å²) < 4.78 is 11.4. The fourth-order valence-electron chi connectivity index (χ4n) is 1.47. The highest BCUT2D eigenvalue weighted by molar-refractivity contribution is 8.00. The van der Waals surface area contributed by atoms with Crippen molar-refractivity contribution in [2.24, 2.45) is 0 Å². The van der Waals surface area contributed by atoms with Gasteiger partial charge >= 0.3 is 0 Å². The molecule has 0 aliphatic heterocycles. The second kappa shape index (κ2) is 8.16. The molecule has 0 saturated heterocycles. The molecular weight excluding hydrogens is 310 g/mol. The molecule has 0 fully saturated rings. The summed E-state index contributed by atoms with van der Waals surface area (Å²) in [5, 5.41) is 3.34. The first kappa shape index (κ1) is 16.0. The lowest BCUT2D eigenvalue weighted by Crippen LogP contribution is -2.13. The summed E-state index contributed by atoms with van der Waals surface area (Å²) in [7, 11) is 1.57. The maximum Gasteiger partial charge on any atom is 0.228 e. The molecule has 2 aromatic heterocycles. The van der Waals surface area contributed by atoms with Crippen LogP contribution in [0, 0.1) is 0 Å². The molecule has 0 bridgehead atoms. The number of aromatic nitrogens is 2. The number of rotatable bonds is 8. The van der Waals surface area contributed by atoms with E-state index in [1.54, 1.807) is 31.3 Å². The fourth-order valence-corrected chi connectivity index (χ4v) is 3.21. The minimum Gasteiger partial charge on any atom is -0.445 e. The summed E-state index contributed by atoms with van der Waals surface area (Å²) in [5.41, 5.74) is 0. The predicted molar refractivity (Wildman–Crippen MR) is 82.7 cm³/mol. The second-order valence-corrected chi connectivity index (χ2v) is 6.44. The number of nitrogens with one attached hydrogen (secondary N) is 1. The largest absolute Gasteiger partial charge is 0.445 e. The Morgan fingerprint density at radius 2 is 2.33 bits per heavy atom. The van der Waals surface area contributed by atoms with E-state index in [2.05, 4.69) is 15.3 Å². The zero-order valence-electron chi connectivity index (χ0n) is 11.9. The molecule has 8 heteroatoms. The number of oxazole rings is 1. The zero-order chi connectivity index (χ0) is 15.1. The highest BCUT2D eigenvalue weighted by Gasteiger charge is 2.09. The number of methoxy groups -OCH3 is 1. The van der Waals surface area contributed by atoms with Gasteiger partial charge in [-0.1, -0.05) is 18.3 Å². The van der Waals surface area contributed by atoms with E-state index >= 15 is 0 Å². The number of nitrogens with zero attached hydrogens (tertiary/aromatic N) is 2. The van der Waals surface area contributed by atoms with Crippen LogP contribution in [0.4, 0.5) is 5.13 Å². The van der Waals surface area contributed by atoms with Crippen LogP contribution in [-0.2, 0) is 21.7 Å². The topological polar surface area (TPSA) is 77.2 Å². The molecule has 0 saturated carbocycles. The molecule has 1 N–H and O–H groups in total. The van der Waals surface area contributed by atoms with Crippen molar-refractivity contribution in [2.75, 3.05) is 19.0 Å². The summed E-state index contributed by atoms with van der Waals surface area (Å²) in [4.78, 5) is 19.9. The maximum absolute atomic E-state index is 11.5. The minimum absolute atomic E-state index is 0.0944. The van der Waals surface area contributed by atoms with Crippen molar-refractivity contribution in [3.63, 3.8) is 0 Å². The molecule has 2 aromatic rings. The van der Waals surface area contributed by atoms with Crippen molar-refractivity contribution in [1.29, 1.82) is 0 Å². The summed E-state index contributed by atoms with van der Waals surface area (Å²) in [5.74, 6) is 2.15. The molecule has 114 valence electrons. The Hall–Kier alpha value is -1.38. The number of aryl methyl sites for hydroxylation is 1. The van der Waals surface area contributed by atoms with E-state index in [1.165, 1.54) is 11.3 Å². The van der Waals surface area contributed by atoms with E-state index in [-0.39, 0.29) is 5.91 Å². The normalized spacial score (nSPS) is 10.8. The zero-order valence-corrected chi connectivity index (χ0v) is 13.6. The van der Waals surface area contributed by atoms with Crippen LogP contribution in [0.25, 0.3) is 0 Å². The number of hydrogen-bond donors (Lipinski definition) is 1. The molecule has 0 aliphatic rings. The van der Waals surface area contributed by atoms with Crippen LogP contribution in [0.1, 0.15) is 25.0 Å². The Kier molecular flexibility index (Phi) is 6.21. The number of anilines is 1. The van der Waals surface area contributed by atoms with Gasteiger partial charge < -0.3 is 14.5 Å². The van der Waals surface area contributed by atoms with E-state index in [9.17, 15) is 4.79 Å². The van der Waals surface area contributed by atoms with Crippen LogP contribution >= 0.6 is 23.1 Å². The third-order valence-electron chi connectivity index (χ3n) is 2.55. The molecule has 0 atom stereocenters. The van der Waals surface area contributed by atoms with Gasteiger partial charge in [-0.2, -0.15) is 0 Å². The van der Waals surface area contributed by atoms with Gasteiger partial charge in [0.15, 0.2) is 5.13 Å². The van der Waals surface area contributed by atoms with Crippen molar-refractivity contribution in [2.45, 2.75) is 29.7 Å². The molecule has 0 aliphatic carbocycles. The summed E-state index contributed by atoms with van der Waals surface area (Å²) in [6.07, 6.45) is 4.67. The van der Waals surface area contributed by atoms with Crippen LogP contribution in [0.3, 0.4) is 0 Å². The van der Waals surface area contributed by atoms with Crippen molar-refractivity contribution >= 4 is 34.1 Å². The molecule has 0 radical (unpaired) electrons. The van der Waals surface area contributed by atoms with E-state index in [0.717, 1.165) is 16.4 Å². The first-order valence-corrected chi connectivity index (χ1v) is 8.32. The number of amides is 1. The molecule has 6 nitrogen and oxygen atoms in total. The molecule has 2 rings (SSSR count).